The number of rotatable bonds is 4. The van der Waals surface area contributed by atoms with Gasteiger partial charge >= 0.3 is 0 Å². The first-order valence-corrected chi connectivity index (χ1v) is 6.38. The van der Waals surface area contributed by atoms with Gasteiger partial charge in [0.05, 0.1) is 0 Å². The summed E-state index contributed by atoms with van der Waals surface area (Å²) in [6.07, 6.45) is 0. The zero-order valence-electron chi connectivity index (χ0n) is 15.1. The Kier molecular flexibility index (Phi) is 71.3. The first-order chi connectivity index (χ1) is 12.1. The maximum Gasteiger partial charge on any atom is 0.161 e. The second kappa shape index (κ2) is 44.4. The molecule has 0 unspecified atom stereocenters. The second-order valence-corrected chi connectivity index (χ2v) is 3.26. The van der Waals surface area contributed by atoms with Crippen molar-refractivity contribution in [2.24, 2.45) is 5.73 Å². The van der Waals surface area contributed by atoms with Crippen molar-refractivity contribution in [3.63, 3.8) is 0 Å². The maximum atomic E-state index is 8.89. The molecule has 0 aromatic rings. The molecule has 9 N–H and O–H groups in total. The summed E-state index contributed by atoms with van der Waals surface area (Å²) in [5.74, 6) is -5.42. The minimum atomic E-state index is -1.08. The third-order valence-electron chi connectivity index (χ3n) is 0.623. The van der Waals surface area contributed by atoms with Gasteiger partial charge in [-0.15, -0.1) is 6.54 Å². The van der Waals surface area contributed by atoms with Crippen LogP contribution in [0.5, 0.6) is 0 Å². The van der Waals surface area contributed by atoms with Gasteiger partial charge in [0.25, 0.3) is 0 Å². The van der Waals surface area contributed by atoms with Crippen LogP contribution in [0.15, 0.2) is 0 Å². The molecule has 0 saturated heterocycles. The van der Waals surface area contributed by atoms with Crippen molar-refractivity contribution in [1.82, 2.24) is 5.32 Å². The molecule has 0 heterocycles. The van der Waals surface area contributed by atoms with E-state index in [1.165, 1.54) is 0 Å². The van der Waals surface area contributed by atoms with E-state index < -0.39 is 29.8 Å². The SMILES string of the molecule is [CH2-]C(=O)O.[CH2-]C(=O)O.[CH2-]C(=O)O.[CH2-]C(=O)O.[CH2-]C(=O)O.[Gd].[NH-]CCNCCN. The minimum Gasteiger partial charge on any atom is -0.676 e. The van der Waals surface area contributed by atoms with E-state index in [0.29, 0.717) is 13.1 Å². The van der Waals surface area contributed by atoms with Gasteiger partial charge in [0.15, 0.2) is 29.8 Å². The Morgan fingerprint density at radius 2 is 0.857 bits per heavy atom. The molecule has 0 bridgehead atoms. The van der Waals surface area contributed by atoms with E-state index in [1.54, 1.807) is 0 Å². The number of hydrogen-bond donors (Lipinski definition) is 7. The normalized spacial score (nSPS) is 6.64. The Morgan fingerprint density at radius 1 is 0.679 bits per heavy atom. The number of carboxylic acids is 5. The number of hydrogen-bond acceptors (Lipinski definition) is 7. The molecule has 0 rings (SSSR count). The predicted octanol–water partition coefficient (Wildman–Crippen LogP) is -0.888. The molecule has 0 aliphatic heterocycles. The summed E-state index contributed by atoms with van der Waals surface area (Å²) in [5, 5.41) is 39.5. The van der Waals surface area contributed by atoms with Crippen molar-refractivity contribution in [2.45, 2.75) is 0 Å². The van der Waals surface area contributed by atoms with Crippen LogP contribution in [0, 0.1) is 74.6 Å². The van der Waals surface area contributed by atoms with E-state index in [4.69, 9.17) is 61.0 Å². The molecule has 0 aromatic heterocycles. The quantitative estimate of drug-likeness (QED) is 0.165. The third kappa shape index (κ3) is 3460. The Labute approximate surface area is 196 Å². The minimum absolute atomic E-state index is 0. The Morgan fingerprint density at radius 3 is 0.964 bits per heavy atom. The van der Waals surface area contributed by atoms with Crippen LogP contribution in [0.3, 0.4) is 0 Å². The predicted molar refractivity (Wildman–Crippen MR) is 96.1 cm³/mol. The molecule has 0 aliphatic rings. The van der Waals surface area contributed by atoms with Gasteiger partial charge in [0, 0.05) is 53.0 Å². The molecule has 13 nitrogen and oxygen atoms in total. The summed E-state index contributed by atoms with van der Waals surface area (Å²) in [4.78, 5) is 44.4. The summed E-state index contributed by atoms with van der Waals surface area (Å²) in [6, 6.07) is 0. The first-order valence-electron chi connectivity index (χ1n) is 6.38. The van der Waals surface area contributed by atoms with Gasteiger partial charge in [-0.1, -0.05) is 0 Å². The first kappa shape index (κ1) is 45.0. The van der Waals surface area contributed by atoms with E-state index in [2.05, 4.69) is 39.9 Å². The molecular weight excluding hydrogens is 527 g/mol. The standard InChI is InChI=1S/C4H12N3.5C2H3O2.Gd/c5-1-3-7-4-2-6;5*1-2(3)4;/h5,7H,1-4,6H2;5*1H2,(H,3,4);/q6*-1;. The molecule has 0 spiro atoms. The van der Waals surface area contributed by atoms with Crippen molar-refractivity contribution >= 4 is 29.8 Å². The molecular formula is C14H27GdN3O10-6. The van der Waals surface area contributed by atoms with Crippen molar-refractivity contribution in [1.29, 1.82) is 0 Å². The van der Waals surface area contributed by atoms with Gasteiger partial charge in [-0.05, 0) is 6.54 Å². The molecule has 0 radical (unpaired) electrons. The maximum absolute atomic E-state index is 8.89. The summed E-state index contributed by atoms with van der Waals surface area (Å²) in [7, 11) is 0. The molecule has 14 heteroatoms. The number of carbonyl (C=O) groups is 5. The van der Waals surface area contributed by atoms with Crippen LogP contribution in [-0.2, 0) is 24.0 Å². The van der Waals surface area contributed by atoms with E-state index in [-0.39, 0.29) is 39.9 Å². The van der Waals surface area contributed by atoms with Crippen molar-refractivity contribution in [3.05, 3.63) is 40.4 Å². The fraction of sp³-hybridized carbons (Fsp3) is 0.286. The number of nitrogens with one attached hydrogen (secondary N) is 2. The van der Waals surface area contributed by atoms with E-state index >= 15 is 0 Å². The van der Waals surface area contributed by atoms with Crippen molar-refractivity contribution < 1.29 is 89.4 Å². The van der Waals surface area contributed by atoms with Gasteiger partial charge < -0.3 is 42.3 Å². The van der Waals surface area contributed by atoms with E-state index in [1.807, 2.05) is 0 Å². The zero-order chi connectivity index (χ0) is 23.4. The summed E-state index contributed by atoms with van der Waals surface area (Å²) >= 11 is 0. The molecule has 0 amide bonds. The Balaban J connectivity index is -0.0000000382. The zero-order valence-corrected chi connectivity index (χ0v) is 17.3. The van der Waals surface area contributed by atoms with Crippen LogP contribution in [0.4, 0.5) is 0 Å². The summed E-state index contributed by atoms with van der Waals surface area (Å²) in [5.41, 5.74) is 11.8. The molecule has 0 aromatic carbocycles. The van der Waals surface area contributed by atoms with Crippen LogP contribution in [0.1, 0.15) is 0 Å². The van der Waals surface area contributed by atoms with Crippen LogP contribution in [-0.4, -0.2) is 81.6 Å². The number of carboxylic acid groups (broad SMARTS) is 5. The molecule has 0 fully saturated rings. The number of nitrogens with two attached hydrogens (primary N) is 1. The molecule has 172 valence electrons. The Hall–Kier alpha value is -2.10. The average molecular weight is 555 g/mol. The Bertz CT molecular complexity index is 289. The topological polar surface area (TPSA) is 248 Å². The van der Waals surface area contributed by atoms with Crippen LogP contribution >= 0.6 is 0 Å². The molecule has 0 aliphatic carbocycles. The second-order valence-electron chi connectivity index (χ2n) is 3.26. The van der Waals surface area contributed by atoms with E-state index in [9.17, 15) is 0 Å². The smallest absolute Gasteiger partial charge is 0.161 e. The van der Waals surface area contributed by atoms with Crippen molar-refractivity contribution in [3.8, 4) is 0 Å². The van der Waals surface area contributed by atoms with Gasteiger partial charge in [-0.3, -0.25) is 58.6 Å². The molecule has 0 atom stereocenters. The fourth-order valence-electron chi connectivity index (χ4n) is 0.315. The van der Waals surface area contributed by atoms with Crippen molar-refractivity contribution in [2.75, 3.05) is 26.2 Å². The van der Waals surface area contributed by atoms with Gasteiger partial charge in [-0.2, -0.15) is 0 Å². The number of aliphatic carboxylic acids is 5. The van der Waals surface area contributed by atoms with Crippen LogP contribution in [0.2, 0.25) is 0 Å². The molecule has 0 saturated carbocycles. The fourth-order valence-corrected chi connectivity index (χ4v) is 0.315. The summed E-state index contributed by atoms with van der Waals surface area (Å²) in [6.45, 7) is 15.5. The average Bonchev–Trinajstić information content (AvgIpc) is 2.35. The van der Waals surface area contributed by atoms with Crippen LogP contribution < -0.4 is 11.1 Å². The largest absolute Gasteiger partial charge is 0.676 e. The van der Waals surface area contributed by atoms with E-state index in [0.717, 1.165) is 13.1 Å². The van der Waals surface area contributed by atoms with Gasteiger partial charge in [0.1, 0.15) is 0 Å². The molecule has 28 heavy (non-hydrogen) atoms. The van der Waals surface area contributed by atoms with Gasteiger partial charge in [-0.25, -0.2) is 0 Å². The van der Waals surface area contributed by atoms with Gasteiger partial charge in [0.2, 0.25) is 0 Å². The third-order valence-corrected chi connectivity index (χ3v) is 0.623. The van der Waals surface area contributed by atoms with Crippen LogP contribution in [0.25, 0.3) is 5.73 Å². The summed E-state index contributed by atoms with van der Waals surface area (Å²) < 4.78 is 0. The monoisotopic (exact) mass is 555 g/mol.